The molecule has 3 rings (SSSR count). The van der Waals surface area contributed by atoms with Gasteiger partial charge in [-0.15, -0.1) is 0 Å². The molecule has 0 aliphatic carbocycles. The summed E-state index contributed by atoms with van der Waals surface area (Å²) in [5.74, 6) is -0.439. The molecule has 25 heavy (non-hydrogen) atoms. The number of benzene rings is 1. The van der Waals surface area contributed by atoms with E-state index in [2.05, 4.69) is 15.2 Å². The number of likely N-dealkylation sites (tertiary alicyclic amines) is 1. The minimum atomic E-state index is -0.706. The molecule has 1 aromatic carbocycles. The van der Waals surface area contributed by atoms with Crippen LogP contribution in [0.3, 0.4) is 0 Å². The summed E-state index contributed by atoms with van der Waals surface area (Å²) in [4.78, 5) is 18.8. The van der Waals surface area contributed by atoms with Gasteiger partial charge in [0.2, 0.25) is 5.91 Å². The van der Waals surface area contributed by atoms with Gasteiger partial charge in [0.25, 0.3) is 0 Å². The molecule has 1 atom stereocenters. The first-order valence-electron chi connectivity index (χ1n) is 8.22. The van der Waals surface area contributed by atoms with E-state index in [4.69, 9.17) is 4.74 Å². The number of hydrogen-bond donors (Lipinski definition) is 1. The van der Waals surface area contributed by atoms with Gasteiger partial charge in [0.05, 0.1) is 12.5 Å². The number of halogens is 2. The Morgan fingerprint density at radius 2 is 2.24 bits per heavy atom. The van der Waals surface area contributed by atoms with Gasteiger partial charge in [0.15, 0.2) is 11.6 Å². The Balaban J connectivity index is 1.76. The average molecular weight is 350 g/mol. The monoisotopic (exact) mass is 350 g/mol. The maximum Gasteiger partial charge on any atom is 0.227 e. The molecule has 1 aliphatic heterocycles. The van der Waals surface area contributed by atoms with E-state index < -0.39 is 11.6 Å². The Morgan fingerprint density at radius 3 is 3.00 bits per heavy atom. The van der Waals surface area contributed by atoms with Crippen molar-refractivity contribution in [3.05, 3.63) is 47.0 Å². The predicted molar refractivity (Wildman–Crippen MR) is 85.5 cm³/mol. The van der Waals surface area contributed by atoms with Gasteiger partial charge in [-0.2, -0.15) is 5.10 Å². The third-order valence-electron chi connectivity index (χ3n) is 4.31. The first-order valence-corrected chi connectivity index (χ1v) is 8.22. The quantitative estimate of drug-likeness (QED) is 0.899. The van der Waals surface area contributed by atoms with Crippen molar-refractivity contribution >= 4 is 5.91 Å². The fourth-order valence-corrected chi connectivity index (χ4v) is 3.09. The van der Waals surface area contributed by atoms with Crippen LogP contribution in [0.15, 0.2) is 18.2 Å². The van der Waals surface area contributed by atoms with Gasteiger partial charge in [-0.3, -0.25) is 9.89 Å². The Labute approximate surface area is 144 Å². The fourth-order valence-electron chi connectivity index (χ4n) is 3.09. The first-order chi connectivity index (χ1) is 12.1. The molecule has 0 saturated carbocycles. The number of nitrogens with zero attached hydrogens (tertiary/aromatic N) is 3. The highest BCUT2D eigenvalue weighted by atomic mass is 19.1. The van der Waals surface area contributed by atoms with Gasteiger partial charge in [-0.1, -0.05) is 6.07 Å². The molecule has 0 unspecified atom stereocenters. The molecule has 1 fully saturated rings. The number of piperidine rings is 1. The summed E-state index contributed by atoms with van der Waals surface area (Å²) in [5, 5.41) is 7.00. The highest BCUT2D eigenvalue weighted by molar-refractivity contribution is 5.79. The van der Waals surface area contributed by atoms with Crippen molar-refractivity contribution in [1.29, 1.82) is 0 Å². The molecule has 0 bridgehead atoms. The fraction of sp³-hybridized carbons (Fsp3) is 0.471. The van der Waals surface area contributed by atoms with E-state index in [-0.39, 0.29) is 23.9 Å². The second kappa shape index (κ2) is 7.69. The lowest BCUT2D eigenvalue weighted by atomic mass is 10.00. The van der Waals surface area contributed by atoms with Crippen LogP contribution in [0.4, 0.5) is 8.78 Å². The summed E-state index contributed by atoms with van der Waals surface area (Å²) in [7, 11) is 1.57. The zero-order valence-corrected chi connectivity index (χ0v) is 14.0. The van der Waals surface area contributed by atoms with E-state index >= 15 is 0 Å². The SMILES string of the molecule is COCc1nc([C@H]2CCCCN2C(=O)Cc2ccc(F)cc2F)n[nH]1. The Kier molecular flexibility index (Phi) is 5.37. The minimum absolute atomic E-state index is 0.113. The van der Waals surface area contributed by atoms with Crippen LogP contribution in [0.1, 0.15) is 42.5 Å². The summed E-state index contributed by atoms with van der Waals surface area (Å²) in [6, 6.07) is 3.02. The van der Waals surface area contributed by atoms with Crippen LogP contribution in [0.25, 0.3) is 0 Å². The zero-order chi connectivity index (χ0) is 17.8. The Hall–Kier alpha value is -2.35. The molecule has 0 spiro atoms. The molecule has 1 amide bonds. The zero-order valence-electron chi connectivity index (χ0n) is 14.0. The number of carbonyl (C=O) groups is 1. The van der Waals surface area contributed by atoms with Crippen molar-refractivity contribution in [1.82, 2.24) is 20.1 Å². The number of amides is 1. The topological polar surface area (TPSA) is 71.1 Å². The van der Waals surface area contributed by atoms with Crippen LogP contribution in [0.2, 0.25) is 0 Å². The molecule has 1 saturated heterocycles. The number of nitrogens with one attached hydrogen (secondary N) is 1. The molecule has 6 nitrogen and oxygen atoms in total. The van der Waals surface area contributed by atoms with Crippen LogP contribution in [0.5, 0.6) is 0 Å². The highest BCUT2D eigenvalue weighted by Gasteiger charge is 2.31. The number of methoxy groups -OCH3 is 1. The highest BCUT2D eigenvalue weighted by Crippen LogP contribution is 2.29. The number of rotatable bonds is 5. The molecule has 2 heterocycles. The van der Waals surface area contributed by atoms with Crippen LogP contribution in [-0.4, -0.2) is 39.6 Å². The summed E-state index contributed by atoms with van der Waals surface area (Å²) in [6.07, 6.45) is 2.48. The molecule has 0 radical (unpaired) electrons. The molecule has 134 valence electrons. The third-order valence-corrected chi connectivity index (χ3v) is 4.31. The lowest BCUT2D eigenvalue weighted by Crippen LogP contribution is -2.40. The summed E-state index contributed by atoms with van der Waals surface area (Å²) in [6.45, 7) is 0.884. The first kappa shape index (κ1) is 17.5. The molecule has 1 aliphatic rings. The average Bonchev–Trinajstić information content (AvgIpc) is 3.06. The summed E-state index contributed by atoms with van der Waals surface area (Å²) >= 11 is 0. The van der Waals surface area contributed by atoms with E-state index in [1.165, 1.54) is 6.07 Å². The second-order valence-corrected chi connectivity index (χ2v) is 6.08. The third kappa shape index (κ3) is 4.01. The van der Waals surface area contributed by atoms with E-state index in [1.54, 1.807) is 12.0 Å². The number of aromatic nitrogens is 3. The van der Waals surface area contributed by atoms with E-state index in [1.807, 2.05) is 0 Å². The molecule has 1 aromatic heterocycles. The minimum Gasteiger partial charge on any atom is -0.377 e. The number of carbonyl (C=O) groups excluding carboxylic acids is 1. The predicted octanol–water partition coefficient (Wildman–Crippen LogP) is 2.53. The Morgan fingerprint density at radius 1 is 1.40 bits per heavy atom. The van der Waals surface area contributed by atoms with Gasteiger partial charge < -0.3 is 9.64 Å². The molecule has 8 heteroatoms. The van der Waals surface area contributed by atoms with E-state index in [0.717, 1.165) is 31.4 Å². The van der Waals surface area contributed by atoms with Gasteiger partial charge >= 0.3 is 0 Å². The van der Waals surface area contributed by atoms with Crippen molar-refractivity contribution in [3.8, 4) is 0 Å². The lowest BCUT2D eigenvalue weighted by Gasteiger charge is -2.34. The van der Waals surface area contributed by atoms with Crippen molar-refractivity contribution < 1.29 is 18.3 Å². The molecule has 2 aromatic rings. The molecule has 1 N–H and O–H groups in total. The van der Waals surface area contributed by atoms with E-state index in [0.29, 0.717) is 24.8 Å². The smallest absolute Gasteiger partial charge is 0.227 e. The molecular weight excluding hydrogens is 330 g/mol. The van der Waals surface area contributed by atoms with Crippen molar-refractivity contribution in [3.63, 3.8) is 0 Å². The standard InChI is InChI=1S/C17H20F2N4O2/c1-25-10-15-20-17(22-21-15)14-4-2-3-7-23(14)16(24)8-11-5-6-12(18)9-13(11)19/h5-6,9,14H,2-4,7-8,10H2,1H3,(H,20,21,22)/t14-/m1/s1. The van der Waals surface area contributed by atoms with Crippen LogP contribution in [-0.2, 0) is 22.6 Å². The van der Waals surface area contributed by atoms with E-state index in [9.17, 15) is 13.6 Å². The van der Waals surface area contributed by atoms with Gasteiger partial charge in [-0.05, 0) is 30.9 Å². The van der Waals surface area contributed by atoms with Crippen LogP contribution in [0, 0.1) is 11.6 Å². The maximum absolute atomic E-state index is 13.8. The number of hydrogen-bond acceptors (Lipinski definition) is 4. The van der Waals surface area contributed by atoms with Gasteiger partial charge in [0, 0.05) is 19.7 Å². The number of aromatic amines is 1. The summed E-state index contributed by atoms with van der Waals surface area (Å²) in [5.41, 5.74) is 0.186. The normalized spacial score (nSPS) is 17.7. The van der Waals surface area contributed by atoms with Crippen molar-refractivity contribution in [2.24, 2.45) is 0 Å². The maximum atomic E-state index is 13.8. The van der Waals surface area contributed by atoms with Gasteiger partial charge in [-0.25, -0.2) is 13.8 Å². The van der Waals surface area contributed by atoms with Crippen molar-refractivity contribution in [2.45, 2.75) is 38.3 Å². The van der Waals surface area contributed by atoms with Crippen LogP contribution >= 0.6 is 0 Å². The summed E-state index contributed by atoms with van der Waals surface area (Å²) < 4.78 is 31.9. The Bertz CT molecular complexity index is 750. The largest absolute Gasteiger partial charge is 0.377 e. The van der Waals surface area contributed by atoms with Gasteiger partial charge in [0.1, 0.15) is 18.2 Å². The molecular formula is C17H20F2N4O2. The lowest BCUT2D eigenvalue weighted by molar-refractivity contribution is -0.134. The second-order valence-electron chi connectivity index (χ2n) is 6.08. The van der Waals surface area contributed by atoms with Crippen molar-refractivity contribution in [2.75, 3.05) is 13.7 Å². The van der Waals surface area contributed by atoms with Crippen LogP contribution < -0.4 is 0 Å². The number of H-pyrrole nitrogens is 1. The number of ether oxygens (including phenoxy) is 1.